The molecule has 0 aromatic heterocycles. The highest BCUT2D eigenvalue weighted by Gasteiger charge is 2.50. The predicted octanol–water partition coefficient (Wildman–Crippen LogP) is -0.711. The van der Waals surface area contributed by atoms with E-state index in [2.05, 4.69) is 15.4 Å². The van der Waals surface area contributed by atoms with Gasteiger partial charge in [-0.3, -0.25) is 24.0 Å². The first-order valence-corrected chi connectivity index (χ1v) is 12.5. The van der Waals surface area contributed by atoms with Crippen molar-refractivity contribution in [2.45, 2.75) is 84.3 Å². The fourth-order valence-electron chi connectivity index (χ4n) is 4.26. The average Bonchev–Trinajstić information content (AvgIpc) is 3.16. The fraction of sp³-hybridized carbons (Fsp3) is 0.750. The van der Waals surface area contributed by atoms with Gasteiger partial charge in [0.05, 0.1) is 38.7 Å². The predicted molar refractivity (Wildman–Crippen MR) is 129 cm³/mol. The number of imide groups is 1. The van der Waals surface area contributed by atoms with Crippen LogP contribution in [-0.2, 0) is 47.8 Å². The minimum Gasteiger partial charge on any atom is -0.468 e. The Kier molecular flexibility index (Phi) is 11.2. The molecule has 5 atom stereocenters. The van der Waals surface area contributed by atoms with Crippen molar-refractivity contribution in [2.75, 3.05) is 20.3 Å². The zero-order chi connectivity index (χ0) is 28.6. The van der Waals surface area contributed by atoms with E-state index in [1.165, 1.54) is 14.0 Å². The third-order valence-electron chi connectivity index (χ3n) is 6.89. The van der Waals surface area contributed by atoms with Crippen molar-refractivity contribution in [2.24, 2.45) is 17.1 Å². The Bertz CT molecular complexity index is 908. The average molecular weight is 543 g/mol. The fourth-order valence-corrected chi connectivity index (χ4v) is 4.26. The summed E-state index contributed by atoms with van der Waals surface area (Å²) >= 11 is 0. The van der Waals surface area contributed by atoms with Crippen molar-refractivity contribution in [1.29, 1.82) is 0 Å². The van der Waals surface area contributed by atoms with Gasteiger partial charge in [-0.05, 0) is 17.8 Å². The lowest BCUT2D eigenvalue weighted by Gasteiger charge is -2.51. The van der Waals surface area contributed by atoms with Gasteiger partial charge in [-0.25, -0.2) is 4.79 Å². The summed E-state index contributed by atoms with van der Waals surface area (Å²) in [5.74, 6) is -3.44. The molecule has 2 rings (SSSR count). The van der Waals surface area contributed by atoms with Crippen LogP contribution in [0.15, 0.2) is 0 Å². The van der Waals surface area contributed by atoms with E-state index in [1.807, 2.05) is 20.8 Å². The summed E-state index contributed by atoms with van der Waals surface area (Å²) in [5, 5.41) is 6.08. The molecule has 0 aliphatic carbocycles. The molecule has 0 radical (unpaired) electrons. The molecule has 14 heteroatoms. The van der Waals surface area contributed by atoms with Gasteiger partial charge in [-0.1, -0.05) is 20.8 Å². The van der Waals surface area contributed by atoms with Gasteiger partial charge in [-0.15, -0.1) is 5.06 Å². The van der Waals surface area contributed by atoms with Gasteiger partial charge in [0.1, 0.15) is 6.04 Å². The number of nitrogens with two attached hydrogens (primary N) is 1. The monoisotopic (exact) mass is 542 g/mol. The summed E-state index contributed by atoms with van der Waals surface area (Å²) < 4.78 is 16.6. The maximum absolute atomic E-state index is 12.3. The highest BCUT2D eigenvalue weighted by Crippen LogP contribution is 2.41. The van der Waals surface area contributed by atoms with Crippen molar-refractivity contribution in [3.05, 3.63) is 0 Å². The lowest BCUT2D eigenvalue weighted by molar-refractivity contribution is -0.253. The van der Waals surface area contributed by atoms with Gasteiger partial charge in [0.25, 0.3) is 11.8 Å². The third kappa shape index (κ3) is 8.20. The highest BCUT2D eigenvalue weighted by atomic mass is 16.7. The van der Waals surface area contributed by atoms with Crippen molar-refractivity contribution in [3.63, 3.8) is 0 Å². The number of hydrogen-bond donors (Lipinski definition) is 3. The lowest BCUT2D eigenvalue weighted by atomic mass is 9.69. The largest absolute Gasteiger partial charge is 0.468 e. The number of rotatable bonds is 12. The Morgan fingerprint density at radius 2 is 1.82 bits per heavy atom. The minimum absolute atomic E-state index is 0.00664. The van der Waals surface area contributed by atoms with E-state index < -0.39 is 59.6 Å². The van der Waals surface area contributed by atoms with Gasteiger partial charge in [-0.2, -0.15) is 0 Å². The van der Waals surface area contributed by atoms with Gasteiger partial charge in [0, 0.05) is 26.3 Å². The van der Waals surface area contributed by atoms with Crippen molar-refractivity contribution in [1.82, 2.24) is 15.7 Å². The molecule has 2 aliphatic heterocycles. The van der Waals surface area contributed by atoms with Crippen LogP contribution in [0.1, 0.15) is 59.8 Å². The molecular formula is C24H38N4O10. The van der Waals surface area contributed by atoms with Crippen LogP contribution in [-0.4, -0.2) is 85.4 Å². The first-order chi connectivity index (χ1) is 17.8. The van der Waals surface area contributed by atoms with E-state index >= 15 is 0 Å². The molecule has 0 saturated carbocycles. The second-order valence-corrected chi connectivity index (χ2v) is 9.99. The molecular weight excluding hydrogens is 504 g/mol. The molecule has 2 heterocycles. The quantitative estimate of drug-likeness (QED) is 0.160. The first kappa shape index (κ1) is 31.1. The Morgan fingerprint density at radius 1 is 1.18 bits per heavy atom. The number of methoxy groups -OCH3 is 1. The van der Waals surface area contributed by atoms with Crippen molar-refractivity contribution in [3.8, 4) is 0 Å². The number of esters is 1. The molecule has 5 unspecified atom stereocenters. The number of nitrogens with one attached hydrogen (secondary N) is 2. The molecule has 2 fully saturated rings. The number of hydrogen-bond acceptors (Lipinski definition) is 11. The minimum atomic E-state index is -1.09. The summed E-state index contributed by atoms with van der Waals surface area (Å²) in [6.07, 6.45) is -1.56. The number of carbonyl (C=O) groups is 6. The molecule has 214 valence electrons. The van der Waals surface area contributed by atoms with Gasteiger partial charge in [0.15, 0.2) is 6.29 Å². The molecule has 0 spiro atoms. The van der Waals surface area contributed by atoms with E-state index in [0.717, 1.165) is 0 Å². The normalized spacial score (nSPS) is 25.5. The number of ether oxygens (including phenoxy) is 3. The van der Waals surface area contributed by atoms with E-state index in [4.69, 9.17) is 20.0 Å². The van der Waals surface area contributed by atoms with E-state index in [1.54, 1.807) is 0 Å². The SMILES string of the molecule is COC(=O)C(N)CC(=O)NCC1OC(OCCCC(=O)ON2C(=O)CCC2=O)C(NC(C)=O)C(C)(C)C1C. The van der Waals surface area contributed by atoms with Gasteiger partial charge >= 0.3 is 11.9 Å². The smallest absolute Gasteiger partial charge is 0.333 e. The Balaban J connectivity index is 1.96. The van der Waals surface area contributed by atoms with Crippen LogP contribution in [0.5, 0.6) is 0 Å². The van der Waals surface area contributed by atoms with E-state index in [-0.39, 0.29) is 57.1 Å². The topological polar surface area (TPSA) is 193 Å². The van der Waals surface area contributed by atoms with E-state index in [9.17, 15) is 28.8 Å². The van der Waals surface area contributed by atoms with Crippen LogP contribution < -0.4 is 16.4 Å². The molecule has 38 heavy (non-hydrogen) atoms. The summed E-state index contributed by atoms with van der Waals surface area (Å²) in [6, 6.07) is -1.63. The number of amides is 4. The third-order valence-corrected chi connectivity index (χ3v) is 6.89. The van der Waals surface area contributed by atoms with Crippen LogP contribution in [0.3, 0.4) is 0 Å². The summed E-state index contributed by atoms with van der Waals surface area (Å²) in [4.78, 5) is 75.7. The second kappa shape index (κ2) is 13.6. The molecule has 0 bridgehead atoms. The van der Waals surface area contributed by atoms with E-state index in [0.29, 0.717) is 5.06 Å². The first-order valence-electron chi connectivity index (χ1n) is 12.5. The van der Waals surface area contributed by atoms with Crippen LogP contribution >= 0.6 is 0 Å². The molecule has 2 saturated heterocycles. The van der Waals surface area contributed by atoms with Gasteiger partial charge < -0.3 is 35.4 Å². The molecule has 0 aromatic carbocycles. The summed E-state index contributed by atoms with van der Waals surface area (Å²) in [7, 11) is 1.18. The van der Waals surface area contributed by atoms with Crippen LogP contribution in [0.2, 0.25) is 0 Å². The number of nitrogens with zero attached hydrogens (tertiary/aromatic N) is 1. The standard InChI is InChI=1S/C24H38N4O10/c1-13-16(12-26-17(30)11-15(25)22(34)35-5)37-23(21(24(13,3)4)27-14(2)29)36-10-6-7-20(33)38-28-18(31)8-9-19(28)32/h13,15-16,21,23H,6-12,25H2,1-5H3,(H,26,30)(H,27,29). The Morgan fingerprint density at radius 3 is 2.39 bits per heavy atom. The van der Waals surface area contributed by atoms with Crippen LogP contribution in [0, 0.1) is 11.3 Å². The zero-order valence-electron chi connectivity index (χ0n) is 22.4. The summed E-state index contributed by atoms with van der Waals surface area (Å²) in [6.45, 7) is 7.36. The Labute approximate surface area is 221 Å². The summed E-state index contributed by atoms with van der Waals surface area (Å²) in [5.41, 5.74) is 5.12. The van der Waals surface area contributed by atoms with Crippen molar-refractivity contribution < 1.29 is 47.8 Å². The van der Waals surface area contributed by atoms with Crippen molar-refractivity contribution >= 4 is 35.6 Å². The number of carbonyl (C=O) groups excluding carboxylic acids is 6. The molecule has 2 aliphatic rings. The highest BCUT2D eigenvalue weighted by molar-refractivity contribution is 6.01. The molecule has 0 aromatic rings. The molecule has 14 nitrogen and oxygen atoms in total. The van der Waals surface area contributed by atoms with Crippen LogP contribution in [0.25, 0.3) is 0 Å². The lowest BCUT2D eigenvalue weighted by Crippen LogP contribution is -2.64. The number of hydroxylamine groups is 2. The zero-order valence-corrected chi connectivity index (χ0v) is 22.4. The Hall–Kier alpha value is -3.10. The molecule has 4 amide bonds. The van der Waals surface area contributed by atoms with Gasteiger partial charge in [0.2, 0.25) is 11.8 Å². The molecule has 4 N–H and O–H groups in total. The maximum atomic E-state index is 12.3. The maximum Gasteiger partial charge on any atom is 0.333 e. The second-order valence-electron chi connectivity index (χ2n) is 9.99. The van der Waals surface area contributed by atoms with Crippen LogP contribution in [0.4, 0.5) is 0 Å².